The summed E-state index contributed by atoms with van der Waals surface area (Å²) < 4.78 is 32.2. The first-order valence-corrected chi connectivity index (χ1v) is 4.27. The molecule has 0 aromatic heterocycles. The second-order valence-electron chi connectivity index (χ2n) is 2.81. The smallest absolute Gasteiger partial charge is 0.387 e. The van der Waals surface area contributed by atoms with Gasteiger partial charge in [-0.25, -0.2) is 4.79 Å². The van der Waals surface area contributed by atoms with Gasteiger partial charge in [-0.2, -0.15) is 8.78 Å². The average Bonchev–Trinajstić information content (AvgIpc) is 2.26. The van der Waals surface area contributed by atoms with Crippen LogP contribution in [-0.2, 0) is 4.74 Å². The third-order valence-electron chi connectivity index (χ3n) is 1.80. The minimum Gasteiger partial charge on any atom is -0.465 e. The first kappa shape index (κ1) is 12.8. The molecule has 17 heavy (non-hydrogen) atoms. The fourth-order valence-electron chi connectivity index (χ4n) is 1.12. The normalized spacial score (nSPS) is 10.1. The number of hydrogen-bond acceptors (Lipinski definition) is 5. The van der Waals surface area contributed by atoms with Gasteiger partial charge in [-0.15, -0.1) is 0 Å². The van der Waals surface area contributed by atoms with Crippen LogP contribution in [0.2, 0.25) is 0 Å². The fourth-order valence-corrected chi connectivity index (χ4v) is 1.12. The van der Waals surface area contributed by atoms with Crippen molar-refractivity contribution < 1.29 is 28.0 Å². The van der Waals surface area contributed by atoms with E-state index in [4.69, 9.17) is 0 Å². The highest BCUT2D eigenvalue weighted by atomic mass is 19.3. The van der Waals surface area contributed by atoms with Crippen LogP contribution < -0.4 is 4.74 Å². The summed E-state index contributed by atoms with van der Waals surface area (Å²) >= 11 is 0. The summed E-state index contributed by atoms with van der Waals surface area (Å²) in [4.78, 5) is 21.0. The zero-order chi connectivity index (χ0) is 13.0. The Bertz CT molecular complexity index is 449. The number of rotatable bonds is 4. The molecular weight excluding hydrogens is 240 g/mol. The third kappa shape index (κ3) is 3.10. The van der Waals surface area contributed by atoms with E-state index in [0.29, 0.717) is 0 Å². The van der Waals surface area contributed by atoms with Crippen molar-refractivity contribution in [2.75, 3.05) is 7.11 Å². The topological polar surface area (TPSA) is 78.7 Å². The molecular formula is C9H7F2NO5. The molecule has 0 aliphatic rings. The van der Waals surface area contributed by atoms with E-state index in [0.717, 1.165) is 25.3 Å². The Balaban J connectivity index is 3.19. The Morgan fingerprint density at radius 3 is 2.59 bits per heavy atom. The average molecular weight is 247 g/mol. The van der Waals surface area contributed by atoms with Crippen molar-refractivity contribution in [2.24, 2.45) is 0 Å². The Labute approximate surface area is 93.9 Å². The molecule has 8 heteroatoms. The van der Waals surface area contributed by atoms with Gasteiger partial charge in [-0.05, 0) is 6.07 Å². The largest absolute Gasteiger partial charge is 0.465 e. The van der Waals surface area contributed by atoms with Crippen LogP contribution in [0.4, 0.5) is 14.5 Å². The first-order chi connectivity index (χ1) is 7.95. The second-order valence-corrected chi connectivity index (χ2v) is 2.81. The van der Waals surface area contributed by atoms with E-state index < -0.39 is 28.8 Å². The van der Waals surface area contributed by atoms with Crippen molar-refractivity contribution in [2.45, 2.75) is 6.61 Å². The van der Waals surface area contributed by atoms with Gasteiger partial charge in [0.15, 0.2) is 0 Å². The number of halogens is 2. The summed E-state index contributed by atoms with van der Waals surface area (Å²) in [7, 11) is 1.02. The van der Waals surface area contributed by atoms with Crippen LogP contribution in [0.25, 0.3) is 0 Å². The van der Waals surface area contributed by atoms with E-state index in [9.17, 15) is 23.7 Å². The lowest BCUT2D eigenvalue weighted by molar-refractivity contribution is -0.385. The highest BCUT2D eigenvalue weighted by Gasteiger charge is 2.22. The molecule has 0 saturated heterocycles. The minimum absolute atomic E-state index is 0.356. The summed E-state index contributed by atoms with van der Waals surface area (Å²) in [5.74, 6) is -1.36. The van der Waals surface area contributed by atoms with Gasteiger partial charge < -0.3 is 9.47 Å². The van der Waals surface area contributed by atoms with Crippen LogP contribution in [0.15, 0.2) is 18.2 Å². The van der Waals surface area contributed by atoms with Crippen molar-refractivity contribution in [3.8, 4) is 5.75 Å². The molecule has 0 aliphatic carbocycles. The van der Waals surface area contributed by atoms with Crippen LogP contribution >= 0.6 is 0 Å². The van der Waals surface area contributed by atoms with Gasteiger partial charge in [-0.1, -0.05) is 0 Å². The fraction of sp³-hybridized carbons (Fsp3) is 0.222. The number of hydrogen-bond donors (Lipinski definition) is 0. The van der Waals surface area contributed by atoms with Crippen molar-refractivity contribution in [1.29, 1.82) is 0 Å². The lowest BCUT2D eigenvalue weighted by Crippen LogP contribution is -2.08. The molecule has 1 rings (SSSR count). The first-order valence-electron chi connectivity index (χ1n) is 4.27. The Morgan fingerprint density at radius 1 is 1.47 bits per heavy atom. The van der Waals surface area contributed by atoms with Crippen molar-refractivity contribution in [1.82, 2.24) is 0 Å². The molecule has 6 nitrogen and oxygen atoms in total. The van der Waals surface area contributed by atoms with Gasteiger partial charge in [0.25, 0.3) is 5.69 Å². The lowest BCUT2D eigenvalue weighted by Gasteiger charge is -2.06. The monoisotopic (exact) mass is 247 g/mol. The van der Waals surface area contributed by atoms with Crippen LogP contribution in [0.3, 0.4) is 0 Å². The van der Waals surface area contributed by atoms with Gasteiger partial charge in [0, 0.05) is 12.1 Å². The molecule has 0 bridgehead atoms. The van der Waals surface area contributed by atoms with E-state index in [1.165, 1.54) is 0 Å². The van der Waals surface area contributed by atoms with Crippen molar-refractivity contribution in [3.05, 3.63) is 33.9 Å². The number of methoxy groups -OCH3 is 1. The molecule has 1 aromatic carbocycles. The molecule has 0 radical (unpaired) electrons. The molecule has 0 N–H and O–H groups in total. The number of nitro benzene ring substituents is 1. The highest BCUT2D eigenvalue weighted by molar-refractivity contribution is 5.94. The number of alkyl halides is 2. The lowest BCUT2D eigenvalue weighted by atomic mass is 10.1. The Morgan fingerprint density at radius 2 is 2.12 bits per heavy atom. The molecule has 0 aliphatic heterocycles. The number of carbonyl (C=O) groups is 1. The van der Waals surface area contributed by atoms with Gasteiger partial charge in [0.05, 0.1) is 12.0 Å². The second kappa shape index (κ2) is 5.19. The molecule has 0 heterocycles. The van der Waals surface area contributed by atoms with Crippen LogP contribution in [0.5, 0.6) is 5.75 Å². The van der Waals surface area contributed by atoms with Crippen LogP contribution in [0, 0.1) is 10.1 Å². The van der Waals surface area contributed by atoms with E-state index in [2.05, 4.69) is 9.47 Å². The number of esters is 1. The number of nitro groups is 1. The molecule has 1 aromatic rings. The molecule has 0 spiro atoms. The van der Waals surface area contributed by atoms with E-state index in [1.807, 2.05) is 0 Å². The van der Waals surface area contributed by atoms with Crippen LogP contribution in [0.1, 0.15) is 10.4 Å². The Hall–Kier alpha value is -2.25. The molecule has 0 amide bonds. The highest BCUT2D eigenvalue weighted by Crippen LogP contribution is 2.25. The Kier molecular flexibility index (Phi) is 3.91. The summed E-state index contributed by atoms with van der Waals surface area (Å²) in [5, 5.41) is 10.6. The van der Waals surface area contributed by atoms with Crippen molar-refractivity contribution in [3.63, 3.8) is 0 Å². The standard InChI is InChI=1S/C9H7F2NO5/c1-16-8(13)6-4-5(17-9(10)11)2-3-7(6)12(14)15/h2-4,9H,1H3. The summed E-state index contributed by atoms with van der Waals surface area (Å²) in [6.07, 6.45) is 0. The van der Waals surface area contributed by atoms with Gasteiger partial charge in [0.2, 0.25) is 0 Å². The van der Waals surface area contributed by atoms with Crippen LogP contribution in [-0.4, -0.2) is 24.6 Å². The number of carbonyl (C=O) groups excluding carboxylic acids is 1. The summed E-state index contributed by atoms with van der Waals surface area (Å²) in [5.41, 5.74) is -0.992. The summed E-state index contributed by atoms with van der Waals surface area (Å²) in [6.45, 7) is -3.08. The zero-order valence-electron chi connectivity index (χ0n) is 8.55. The maximum Gasteiger partial charge on any atom is 0.387 e. The van der Waals surface area contributed by atoms with Crippen molar-refractivity contribution >= 4 is 11.7 Å². The molecule has 0 saturated carbocycles. The maximum atomic E-state index is 11.9. The quantitative estimate of drug-likeness (QED) is 0.461. The zero-order valence-corrected chi connectivity index (χ0v) is 8.55. The predicted molar refractivity (Wildman–Crippen MR) is 51.1 cm³/mol. The van der Waals surface area contributed by atoms with E-state index in [1.54, 1.807) is 0 Å². The number of ether oxygens (including phenoxy) is 2. The summed E-state index contributed by atoms with van der Waals surface area (Å²) in [6, 6.07) is 2.69. The minimum atomic E-state index is -3.08. The van der Waals surface area contributed by atoms with Gasteiger partial charge >= 0.3 is 12.6 Å². The maximum absolute atomic E-state index is 11.9. The molecule has 0 fully saturated rings. The van der Waals surface area contributed by atoms with E-state index >= 15 is 0 Å². The molecule has 0 atom stereocenters. The SMILES string of the molecule is COC(=O)c1cc(OC(F)F)ccc1[N+](=O)[O-]. The van der Waals surface area contributed by atoms with Gasteiger partial charge in [0.1, 0.15) is 11.3 Å². The predicted octanol–water partition coefficient (Wildman–Crippen LogP) is 1.98. The van der Waals surface area contributed by atoms with E-state index in [-0.39, 0.29) is 5.75 Å². The number of benzene rings is 1. The number of nitrogens with zero attached hydrogens (tertiary/aromatic N) is 1. The molecule has 92 valence electrons. The third-order valence-corrected chi connectivity index (χ3v) is 1.80. The molecule has 0 unspecified atom stereocenters. The van der Waals surface area contributed by atoms with Gasteiger partial charge in [-0.3, -0.25) is 10.1 Å².